The Bertz CT molecular complexity index is 2510. The van der Waals surface area contributed by atoms with Crippen molar-refractivity contribution in [3.63, 3.8) is 0 Å². The highest BCUT2D eigenvalue weighted by Crippen LogP contribution is 2.51. The molecule has 1 aliphatic carbocycles. The molecular formula is C51H39N. The van der Waals surface area contributed by atoms with E-state index in [1.165, 1.54) is 66.8 Å². The molecule has 1 nitrogen and oxygen atoms in total. The van der Waals surface area contributed by atoms with E-state index in [2.05, 4.69) is 219 Å². The van der Waals surface area contributed by atoms with Crippen molar-refractivity contribution in [2.75, 3.05) is 4.90 Å². The van der Waals surface area contributed by atoms with Crippen molar-refractivity contribution >= 4 is 17.1 Å². The standard InChI is InChI=1S/C51H39N/c1-51(2)49-25-15-14-24-46(49)47-33-31-42(35-50(47)51)52(40-28-26-37(27-29-40)36-16-6-3-7-17-36)41-30-32-45(48(34-41)39-20-10-5-11-21-39)44-23-13-12-22-43(44)38-18-8-4-9-19-38/h3-35H,1-2H3. The zero-order valence-electron chi connectivity index (χ0n) is 29.5. The lowest BCUT2D eigenvalue weighted by Crippen LogP contribution is -2.16. The smallest absolute Gasteiger partial charge is 0.0468 e. The number of benzene rings is 8. The lowest BCUT2D eigenvalue weighted by molar-refractivity contribution is 0.660. The van der Waals surface area contributed by atoms with Crippen LogP contribution in [-0.4, -0.2) is 0 Å². The molecule has 8 aromatic carbocycles. The van der Waals surface area contributed by atoms with Crippen LogP contribution in [0.5, 0.6) is 0 Å². The Balaban J connectivity index is 1.24. The van der Waals surface area contributed by atoms with Crippen molar-refractivity contribution in [2.45, 2.75) is 19.3 Å². The van der Waals surface area contributed by atoms with Gasteiger partial charge in [0.05, 0.1) is 0 Å². The Labute approximate surface area is 307 Å². The van der Waals surface area contributed by atoms with Gasteiger partial charge in [0.15, 0.2) is 0 Å². The molecule has 0 heterocycles. The van der Waals surface area contributed by atoms with Crippen LogP contribution in [-0.2, 0) is 5.41 Å². The average molecular weight is 666 g/mol. The highest BCUT2D eigenvalue weighted by Gasteiger charge is 2.35. The topological polar surface area (TPSA) is 3.24 Å². The Morgan fingerprint density at radius 3 is 1.37 bits per heavy atom. The Morgan fingerprint density at radius 2 is 0.712 bits per heavy atom. The van der Waals surface area contributed by atoms with Crippen LogP contribution in [0, 0.1) is 0 Å². The second-order valence-electron chi connectivity index (χ2n) is 14.2. The molecule has 52 heavy (non-hydrogen) atoms. The van der Waals surface area contributed by atoms with Gasteiger partial charge in [-0.05, 0) is 103 Å². The predicted octanol–water partition coefficient (Wildman–Crippen LogP) is 14.1. The molecule has 0 saturated heterocycles. The third-order valence-electron chi connectivity index (χ3n) is 10.7. The summed E-state index contributed by atoms with van der Waals surface area (Å²) in [5, 5.41) is 0. The van der Waals surface area contributed by atoms with Gasteiger partial charge in [0.2, 0.25) is 0 Å². The fraction of sp³-hybridized carbons (Fsp3) is 0.0588. The van der Waals surface area contributed by atoms with Gasteiger partial charge in [0.1, 0.15) is 0 Å². The molecule has 8 aromatic rings. The monoisotopic (exact) mass is 665 g/mol. The van der Waals surface area contributed by atoms with Crippen LogP contribution in [0.25, 0.3) is 55.6 Å². The summed E-state index contributed by atoms with van der Waals surface area (Å²) in [4.78, 5) is 2.42. The van der Waals surface area contributed by atoms with E-state index < -0.39 is 0 Å². The van der Waals surface area contributed by atoms with Gasteiger partial charge in [-0.1, -0.05) is 178 Å². The summed E-state index contributed by atoms with van der Waals surface area (Å²) in [6.45, 7) is 4.71. The maximum Gasteiger partial charge on any atom is 0.0468 e. The molecule has 0 saturated carbocycles. The second kappa shape index (κ2) is 13.0. The summed E-state index contributed by atoms with van der Waals surface area (Å²) in [6.07, 6.45) is 0. The van der Waals surface area contributed by atoms with Crippen molar-refractivity contribution in [3.05, 3.63) is 211 Å². The minimum atomic E-state index is -0.106. The number of hydrogen-bond donors (Lipinski definition) is 0. The molecule has 9 rings (SSSR count). The molecule has 0 unspecified atom stereocenters. The van der Waals surface area contributed by atoms with Gasteiger partial charge in [0.25, 0.3) is 0 Å². The van der Waals surface area contributed by atoms with Gasteiger partial charge < -0.3 is 4.90 Å². The first-order valence-electron chi connectivity index (χ1n) is 18.1. The van der Waals surface area contributed by atoms with Gasteiger partial charge >= 0.3 is 0 Å². The van der Waals surface area contributed by atoms with E-state index in [9.17, 15) is 0 Å². The van der Waals surface area contributed by atoms with Crippen molar-refractivity contribution in [1.29, 1.82) is 0 Å². The minimum absolute atomic E-state index is 0.106. The van der Waals surface area contributed by atoms with Crippen molar-refractivity contribution in [2.24, 2.45) is 0 Å². The molecule has 1 aliphatic rings. The van der Waals surface area contributed by atoms with Crippen molar-refractivity contribution in [3.8, 4) is 55.6 Å². The fourth-order valence-corrected chi connectivity index (χ4v) is 8.06. The number of fused-ring (bicyclic) bond motifs is 3. The van der Waals surface area contributed by atoms with E-state index in [0.717, 1.165) is 17.1 Å². The van der Waals surface area contributed by atoms with Gasteiger partial charge in [-0.2, -0.15) is 0 Å². The third kappa shape index (κ3) is 5.52. The first-order chi connectivity index (χ1) is 25.6. The number of nitrogens with zero attached hydrogens (tertiary/aromatic N) is 1. The Kier molecular flexibility index (Phi) is 7.90. The molecular weight excluding hydrogens is 627 g/mol. The van der Waals surface area contributed by atoms with E-state index in [1.54, 1.807) is 0 Å². The van der Waals surface area contributed by atoms with Crippen molar-refractivity contribution in [1.82, 2.24) is 0 Å². The largest absolute Gasteiger partial charge is 0.310 e. The molecule has 0 N–H and O–H groups in total. The Morgan fingerprint density at radius 1 is 0.288 bits per heavy atom. The minimum Gasteiger partial charge on any atom is -0.310 e. The maximum absolute atomic E-state index is 2.42. The first kappa shape index (κ1) is 31.5. The molecule has 0 fully saturated rings. The molecule has 0 radical (unpaired) electrons. The maximum atomic E-state index is 2.42. The fourth-order valence-electron chi connectivity index (χ4n) is 8.06. The predicted molar refractivity (Wildman–Crippen MR) is 220 cm³/mol. The van der Waals surface area contributed by atoms with Crippen LogP contribution in [0.4, 0.5) is 17.1 Å². The number of hydrogen-bond acceptors (Lipinski definition) is 1. The summed E-state index contributed by atoms with van der Waals surface area (Å²) in [5.41, 5.74) is 18.3. The van der Waals surface area contributed by atoms with Gasteiger partial charge in [0, 0.05) is 22.5 Å². The number of rotatable bonds is 7. The lowest BCUT2D eigenvalue weighted by Gasteiger charge is -2.29. The molecule has 0 spiro atoms. The van der Waals surface area contributed by atoms with E-state index >= 15 is 0 Å². The Hall–Kier alpha value is -6.44. The first-order valence-corrected chi connectivity index (χ1v) is 18.1. The van der Waals surface area contributed by atoms with E-state index in [-0.39, 0.29) is 5.41 Å². The van der Waals surface area contributed by atoms with Crippen LogP contribution in [0.15, 0.2) is 200 Å². The van der Waals surface area contributed by atoms with E-state index in [1.807, 2.05) is 0 Å². The van der Waals surface area contributed by atoms with Gasteiger partial charge in [-0.15, -0.1) is 0 Å². The van der Waals surface area contributed by atoms with Crippen molar-refractivity contribution < 1.29 is 0 Å². The zero-order chi connectivity index (χ0) is 35.1. The van der Waals surface area contributed by atoms with Gasteiger partial charge in [-0.25, -0.2) is 0 Å². The third-order valence-corrected chi connectivity index (χ3v) is 10.7. The van der Waals surface area contributed by atoms with Gasteiger partial charge in [-0.3, -0.25) is 0 Å². The van der Waals surface area contributed by atoms with Crippen LogP contribution in [0.1, 0.15) is 25.0 Å². The zero-order valence-corrected chi connectivity index (χ0v) is 29.5. The van der Waals surface area contributed by atoms with Crippen LogP contribution in [0.2, 0.25) is 0 Å². The number of anilines is 3. The summed E-state index contributed by atoms with van der Waals surface area (Å²) in [7, 11) is 0. The van der Waals surface area contributed by atoms with Crippen LogP contribution < -0.4 is 4.90 Å². The second-order valence-corrected chi connectivity index (χ2v) is 14.2. The molecule has 0 atom stereocenters. The van der Waals surface area contributed by atoms with E-state index in [0.29, 0.717) is 0 Å². The molecule has 0 aromatic heterocycles. The molecule has 0 amide bonds. The van der Waals surface area contributed by atoms with Crippen LogP contribution >= 0.6 is 0 Å². The SMILES string of the molecule is CC1(C)c2ccccc2-c2ccc(N(c3ccc(-c4ccccc4)cc3)c3ccc(-c4ccccc4-c4ccccc4)c(-c4ccccc4)c3)cc21. The highest BCUT2D eigenvalue weighted by atomic mass is 15.1. The molecule has 248 valence electrons. The molecule has 1 heteroatoms. The average Bonchev–Trinajstić information content (AvgIpc) is 3.44. The lowest BCUT2D eigenvalue weighted by atomic mass is 9.82. The summed E-state index contributed by atoms with van der Waals surface area (Å²) >= 11 is 0. The molecule has 0 aliphatic heterocycles. The quantitative estimate of drug-likeness (QED) is 0.164. The summed E-state index contributed by atoms with van der Waals surface area (Å²) in [5.74, 6) is 0. The summed E-state index contributed by atoms with van der Waals surface area (Å²) < 4.78 is 0. The highest BCUT2D eigenvalue weighted by molar-refractivity contribution is 5.94. The van der Waals surface area contributed by atoms with E-state index in [4.69, 9.17) is 0 Å². The molecule has 0 bridgehead atoms. The summed E-state index contributed by atoms with van der Waals surface area (Å²) in [6, 6.07) is 72.8. The van der Waals surface area contributed by atoms with Crippen LogP contribution in [0.3, 0.4) is 0 Å². The normalized spacial score (nSPS) is 12.6.